The summed E-state index contributed by atoms with van der Waals surface area (Å²) in [6.45, 7) is 6.26. The van der Waals surface area contributed by atoms with E-state index in [1.807, 2.05) is 13.8 Å². The van der Waals surface area contributed by atoms with Gasteiger partial charge in [-0.2, -0.15) is 0 Å². The Morgan fingerprint density at radius 1 is 1.50 bits per heavy atom. The second-order valence-corrected chi connectivity index (χ2v) is 3.61. The molecule has 0 spiro atoms. The first kappa shape index (κ1) is 11.4. The molecule has 3 nitrogen and oxygen atoms in total. The van der Waals surface area contributed by atoms with Crippen molar-refractivity contribution in [2.45, 2.75) is 33.6 Å². The number of rotatable bonds is 5. The standard InChI is InChI=1S/C9H19NO2/c1-4-5-9(2,3)8(12)10-6-7-11/h11H,4-7H2,1-3H3,(H,10,12). The molecule has 0 aliphatic rings. The molecule has 2 N–H and O–H groups in total. The summed E-state index contributed by atoms with van der Waals surface area (Å²) in [5.74, 6) is 0.0263. The molecule has 0 aliphatic carbocycles. The topological polar surface area (TPSA) is 49.3 Å². The monoisotopic (exact) mass is 173 g/mol. The van der Waals surface area contributed by atoms with Gasteiger partial charge in [-0.05, 0) is 6.42 Å². The van der Waals surface area contributed by atoms with Crippen LogP contribution >= 0.6 is 0 Å². The minimum absolute atomic E-state index is 0.00788. The second kappa shape index (κ2) is 5.14. The molecule has 0 fully saturated rings. The molecular formula is C9H19NO2. The number of hydrogen-bond donors (Lipinski definition) is 2. The van der Waals surface area contributed by atoms with Crippen molar-refractivity contribution < 1.29 is 9.90 Å². The van der Waals surface area contributed by atoms with Crippen molar-refractivity contribution in [1.29, 1.82) is 0 Å². The lowest BCUT2D eigenvalue weighted by Crippen LogP contribution is -2.38. The molecular weight excluding hydrogens is 154 g/mol. The summed E-state index contributed by atoms with van der Waals surface area (Å²) >= 11 is 0. The molecule has 0 bridgehead atoms. The van der Waals surface area contributed by atoms with Crippen LogP contribution in [0.25, 0.3) is 0 Å². The van der Waals surface area contributed by atoms with E-state index in [1.54, 1.807) is 0 Å². The second-order valence-electron chi connectivity index (χ2n) is 3.61. The van der Waals surface area contributed by atoms with E-state index in [0.29, 0.717) is 6.54 Å². The summed E-state index contributed by atoms with van der Waals surface area (Å²) in [5, 5.41) is 11.2. The average molecular weight is 173 g/mol. The van der Waals surface area contributed by atoms with Crippen molar-refractivity contribution in [3.8, 4) is 0 Å². The number of aliphatic hydroxyl groups excluding tert-OH is 1. The van der Waals surface area contributed by atoms with Crippen LogP contribution in [0.3, 0.4) is 0 Å². The molecule has 0 unspecified atom stereocenters. The third-order valence-corrected chi connectivity index (χ3v) is 1.89. The van der Waals surface area contributed by atoms with Crippen LogP contribution in [0.5, 0.6) is 0 Å². The molecule has 12 heavy (non-hydrogen) atoms. The van der Waals surface area contributed by atoms with Crippen LogP contribution in [0.15, 0.2) is 0 Å². The maximum atomic E-state index is 11.4. The molecule has 0 aliphatic heterocycles. The molecule has 0 aromatic heterocycles. The molecule has 0 atom stereocenters. The normalized spacial score (nSPS) is 11.3. The lowest BCUT2D eigenvalue weighted by atomic mass is 9.87. The quantitative estimate of drug-likeness (QED) is 0.649. The zero-order valence-corrected chi connectivity index (χ0v) is 8.18. The van der Waals surface area contributed by atoms with Crippen LogP contribution in [-0.4, -0.2) is 24.2 Å². The van der Waals surface area contributed by atoms with Gasteiger partial charge in [0.15, 0.2) is 0 Å². The largest absolute Gasteiger partial charge is 0.395 e. The van der Waals surface area contributed by atoms with Gasteiger partial charge in [-0.15, -0.1) is 0 Å². The van der Waals surface area contributed by atoms with Gasteiger partial charge in [0.1, 0.15) is 0 Å². The maximum absolute atomic E-state index is 11.4. The Morgan fingerprint density at radius 2 is 2.08 bits per heavy atom. The Morgan fingerprint density at radius 3 is 2.50 bits per heavy atom. The van der Waals surface area contributed by atoms with Crippen molar-refractivity contribution in [2.75, 3.05) is 13.2 Å². The number of nitrogens with one attached hydrogen (secondary N) is 1. The smallest absolute Gasteiger partial charge is 0.225 e. The van der Waals surface area contributed by atoms with Gasteiger partial charge in [0.2, 0.25) is 5.91 Å². The molecule has 72 valence electrons. The highest BCUT2D eigenvalue weighted by Crippen LogP contribution is 2.21. The van der Waals surface area contributed by atoms with Crippen molar-refractivity contribution in [3.05, 3.63) is 0 Å². The fraction of sp³-hybridized carbons (Fsp3) is 0.889. The maximum Gasteiger partial charge on any atom is 0.225 e. The van der Waals surface area contributed by atoms with Crippen molar-refractivity contribution in [3.63, 3.8) is 0 Å². The highest BCUT2D eigenvalue weighted by atomic mass is 16.3. The molecule has 0 rings (SSSR count). The van der Waals surface area contributed by atoms with E-state index in [1.165, 1.54) is 0 Å². The first-order valence-electron chi connectivity index (χ1n) is 4.43. The van der Waals surface area contributed by atoms with Crippen LogP contribution < -0.4 is 5.32 Å². The Kier molecular flexibility index (Phi) is 4.90. The zero-order chi connectivity index (χ0) is 9.61. The number of carbonyl (C=O) groups excluding carboxylic acids is 1. The van der Waals surface area contributed by atoms with Crippen LogP contribution in [0.2, 0.25) is 0 Å². The van der Waals surface area contributed by atoms with Gasteiger partial charge in [0.05, 0.1) is 6.61 Å². The number of hydrogen-bond acceptors (Lipinski definition) is 2. The van der Waals surface area contributed by atoms with Crippen molar-refractivity contribution in [2.24, 2.45) is 5.41 Å². The van der Waals surface area contributed by atoms with Gasteiger partial charge in [-0.1, -0.05) is 27.2 Å². The SMILES string of the molecule is CCCC(C)(C)C(=O)NCCO. The van der Waals surface area contributed by atoms with Crippen LogP contribution in [0.1, 0.15) is 33.6 Å². The summed E-state index contributed by atoms with van der Waals surface area (Å²) in [6.07, 6.45) is 1.88. The summed E-state index contributed by atoms with van der Waals surface area (Å²) < 4.78 is 0. The molecule has 0 aromatic carbocycles. The fourth-order valence-corrected chi connectivity index (χ4v) is 1.15. The molecule has 0 saturated heterocycles. The van der Waals surface area contributed by atoms with E-state index in [-0.39, 0.29) is 17.9 Å². The van der Waals surface area contributed by atoms with Crippen LogP contribution in [0.4, 0.5) is 0 Å². The highest BCUT2D eigenvalue weighted by molar-refractivity contribution is 5.81. The van der Waals surface area contributed by atoms with Gasteiger partial charge in [-0.25, -0.2) is 0 Å². The lowest BCUT2D eigenvalue weighted by Gasteiger charge is -2.22. The predicted molar refractivity (Wildman–Crippen MR) is 48.8 cm³/mol. The average Bonchev–Trinajstić information content (AvgIpc) is 2.00. The number of aliphatic hydroxyl groups is 1. The third-order valence-electron chi connectivity index (χ3n) is 1.89. The Hall–Kier alpha value is -0.570. The first-order chi connectivity index (χ1) is 5.54. The van der Waals surface area contributed by atoms with E-state index in [0.717, 1.165) is 12.8 Å². The Balaban J connectivity index is 3.88. The first-order valence-corrected chi connectivity index (χ1v) is 4.43. The van der Waals surface area contributed by atoms with Crippen LogP contribution in [-0.2, 0) is 4.79 Å². The summed E-state index contributed by atoms with van der Waals surface area (Å²) in [5.41, 5.74) is -0.302. The molecule has 0 radical (unpaired) electrons. The van der Waals surface area contributed by atoms with Gasteiger partial charge in [0, 0.05) is 12.0 Å². The van der Waals surface area contributed by atoms with Gasteiger partial charge < -0.3 is 10.4 Å². The van der Waals surface area contributed by atoms with E-state index in [9.17, 15) is 4.79 Å². The fourth-order valence-electron chi connectivity index (χ4n) is 1.15. The minimum atomic E-state index is -0.302. The van der Waals surface area contributed by atoms with Gasteiger partial charge in [0.25, 0.3) is 0 Å². The molecule has 1 amide bonds. The number of carbonyl (C=O) groups is 1. The number of amides is 1. The summed E-state index contributed by atoms with van der Waals surface area (Å²) in [4.78, 5) is 11.4. The zero-order valence-electron chi connectivity index (χ0n) is 8.18. The molecule has 0 heterocycles. The lowest BCUT2D eigenvalue weighted by molar-refractivity contribution is -0.129. The van der Waals surface area contributed by atoms with Crippen LogP contribution in [0, 0.1) is 5.41 Å². The Labute approximate surface area is 74.2 Å². The molecule has 3 heteroatoms. The highest BCUT2D eigenvalue weighted by Gasteiger charge is 2.25. The predicted octanol–water partition coefficient (Wildman–Crippen LogP) is 0.921. The van der Waals surface area contributed by atoms with E-state index in [2.05, 4.69) is 12.2 Å². The van der Waals surface area contributed by atoms with Gasteiger partial charge >= 0.3 is 0 Å². The summed E-state index contributed by atoms with van der Waals surface area (Å²) in [6, 6.07) is 0. The summed E-state index contributed by atoms with van der Waals surface area (Å²) in [7, 11) is 0. The van der Waals surface area contributed by atoms with Crippen molar-refractivity contribution >= 4 is 5.91 Å². The third kappa shape index (κ3) is 3.72. The molecule has 0 saturated carbocycles. The minimum Gasteiger partial charge on any atom is -0.395 e. The Bertz CT molecular complexity index is 143. The van der Waals surface area contributed by atoms with Gasteiger partial charge in [-0.3, -0.25) is 4.79 Å². The van der Waals surface area contributed by atoms with E-state index < -0.39 is 0 Å². The van der Waals surface area contributed by atoms with E-state index >= 15 is 0 Å². The van der Waals surface area contributed by atoms with Crippen molar-refractivity contribution in [1.82, 2.24) is 5.32 Å². The molecule has 0 aromatic rings. The van der Waals surface area contributed by atoms with E-state index in [4.69, 9.17) is 5.11 Å².